The number of nitrogens with one attached hydrogen (secondary N) is 1. The van der Waals surface area contributed by atoms with Crippen molar-refractivity contribution in [3.05, 3.63) is 0 Å². The standard InChI is InChI=1S/C10H21NO3/c1-3-10(4-2,8-12)7-11-6-5-9(13)14/h11-12H,3-8H2,1-2H3,(H,13,14). The molecule has 0 aliphatic carbocycles. The van der Waals surface area contributed by atoms with Crippen LogP contribution in [0, 0.1) is 5.41 Å². The van der Waals surface area contributed by atoms with Gasteiger partial charge in [0.15, 0.2) is 0 Å². The van der Waals surface area contributed by atoms with Gasteiger partial charge in [-0.05, 0) is 12.8 Å². The number of rotatable bonds is 8. The molecule has 0 rings (SSSR count). The first kappa shape index (κ1) is 13.4. The Morgan fingerprint density at radius 2 is 1.93 bits per heavy atom. The van der Waals surface area contributed by atoms with Gasteiger partial charge in [0.05, 0.1) is 6.42 Å². The van der Waals surface area contributed by atoms with E-state index in [4.69, 9.17) is 5.11 Å². The van der Waals surface area contributed by atoms with E-state index in [0.717, 1.165) is 12.8 Å². The molecule has 4 heteroatoms. The molecule has 0 aromatic carbocycles. The lowest BCUT2D eigenvalue weighted by molar-refractivity contribution is -0.136. The van der Waals surface area contributed by atoms with Crippen LogP contribution in [-0.4, -0.2) is 35.9 Å². The van der Waals surface area contributed by atoms with Gasteiger partial charge in [0.1, 0.15) is 0 Å². The Kier molecular flexibility index (Phi) is 6.49. The summed E-state index contributed by atoms with van der Waals surface area (Å²) in [7, 11) is 0. The minimum absolute atomic E-state index is 0.0848. The second-order valence-corrected chi connectivity index (χ2v) is 3.69. The van der Waals surface area contributed by atoms with Crippen molar-refractivity contribution in [3.63, 3.8) is 0 Å². The Hall–Kier alpha value is -0.610. The lowest BCUT2D eigenvalue weighted by Gasteiger charge is -2.29. The van der Waals surface area contributed by atoms with Crippen LogP contribution in [0.15, 0.2) is 0 Å². The Morgan fingerprint density at radius 1 is 1.36 bits per heavy atom. The molecule has 0 heterocycles. The molecular formula is C10H21NO3. The molecule has 0 bridgehead atoms. The number of aliphatic hydroxyl groups is 1. The Labute approximate surface area is 85.3 Å². The van der Waals surface area contributed by atoms with Crippen LogP contribution in [0.3, 0.4) is 0 Å². The Morgan fingerprint density at radius 3 is 2.29 bits per heavy atom. The summed E-state index contributed by atoms with van der Waals surface area (Å²) in [6.45, 7) is 5.39. The van der Waals surface area contributed by atoms with Crippen molar-refractivity contribution in [2.24, 2.45) is 5.41 Å². The van der Waals surface area contributed by atoms with Crippen LogP contribution in [0.5, 0.6) is 0 Å². The van der Waals surface area contributed by atoms with E-state index in [1.165, 1.54) is 0 Å². The topological polar surface area (TPSA) is 69.6 Å². The summed E-state index contributed by atoms with van der Waals surface area (Å²) in [6, 6.07) is 0. The number of hydrogen-bond acceptors (Lipinski definition) is 3. The van der Waals surface area contributed by atoms with Crippen LogP contribution >= 0.6 is 0 Å². The molecule has 0 unspecified atom stereocenters. The maximum Gasteiger partial charge on any atom is 0.304 e. The highest BCUT2D eigenvalue weighted by molar-refractivity contribution is 5.66. The number of aliphatic hydroxyl groups excluding tert-OH is 1. The van der Waals surface area contributed by atoms with E-state index in [-0.39, 0.29) is 18.4 Å². The maximum atomic E-state index is 10.2. The average Bonchev–Trinajstić information content (AvgIpc) is 2.19. The molecule has 0 atom stereocenters. The summed E-state index contributed by atoms with van der Waals surface area (Å²) >= 11 is 0. The van der Waals surface area contributed by atoms with Crippen molar-refractivity contribution in [2.75, 3.05) is 19.7 Å². The van der Waals surface area contributed by atoms with E-state index in [1.54, 1.807) is 0 Å². The molecule has 3 N–H and O–H groups in total. The molecule has 0 amide bonds. The van der Waals surface area contributed by atoms with E-state index in [9.17, 15) is 9.90 Å². The van der Waals surface area contributed by atoms with Gasteiger partial charge in [-0.15, -0.1) is 0 Å². The fourth-order valence-electron chi connectivity index (χ4n) is 1.33. The zero-order valence-corrected chi connectivity index (χ0v) is 9.05. The molecule has 0 aliphatic rings. The minimum atomic E-state index is -0.792. The fraction of sp³-hybridized carbons (Fsp3) is 0.900. The highest BCUT2D eigenvalue weighted by atomic mass is 16.4. The molecule has 84 valence electrons. The molecule has 0 fully saturated rings. The molecule has 0 aliphatic heterocycles. The van der Waals surface area contributed by atoms with Crippen molar-refractivity contribution in [3.8, 4) is 0 Å². The van der Waals surface area contributed by atoms with E-state index >= 15 is 0 Å². The summed E-state index contributed by atoms with van der Waals surface area (Å²) in [5.41, 5.74) is -0.0848. The summed E-state index contributed by atoms with van der Waals surface area (Å²) < 4.78 is 0. The van der Waals surface area contributed by atoms with Crippen LogP contribution in [-0.2, 0) is 4.79 Å². The predicted octanol–water partition coefficient (Wildman–Crippen LogP) is 0.849. The zero-order valence-electron chi connectivity index (χ0n) is 9.05. The van der Waals surface area contributed by atoms with Gasteiger partial charge in [-0.1, -0.05) is 13.8 Å². The van der Waals surface area contributed by atoms with Gasteiger partial charge in [0.2, 0.25) is 0 Å². The van der Waals surface area contributed by atoms with Crippen LogP contribution in [0.4, 0.5) is 0 Å². The van der Waals surface area contributed by atoms with Gasteiger partial charge in [-0.3, -0.25) is 4.79 Å². The predicted molar refractivity (Wildman–Crippen MR) is 55.2 cm³/mol. The SMILES string of the molecule is CCC(CC)(CO)CNCCC(=O)O. The second-order valence-electron chi connectivity index (χ2n) is 3.69. The fourth-order valence-corrected chi connectivity index (χ4v) is 1.33. The number of carboxylic acids is 1. The normalized spacial score (nSPS) is 11.6. The third kappa shape index (κ3) is 4.58. The third-order valence-electron chi connectivity index (χ3n) is 2.85. The van der Waals surface area contributed by atoms with Crippen LogP contribution in [0.25, 0.3) is 0 Å². The molecule has 0 radical (unpaired) electrons. The third-order valence-corrected chi connectivity index (χ3v) is 2.85. The highest BCUT2D eigenvalue weighted by Crippen LogP contribution is 2.24. The molecule has 0 spiro atoms. The molecule has 14 heavy (non-hydrogen) atoms. The van der Waals surface area contributed by atoms with Crippen molar-refractivity contribution >= 4 is 5.97 Å². The monoisotopic (exact) mass is 203 g/mol. The molecular weight excluding hydrogens is 182 g/mol. The molecule has 0 saturated heterocycles. The summed E-state index contributed by atoms with van der Waals surface area (Å²) in [5, 5.41) is 20.7. The van der Waals surface area contributed by atoms with Crippen molar-refractivity contribution in [1.82, 2.24) is 5.32 Å². The maximum absolute atomic E-state index is 10.2. The smallest absolute Gasteiger partial charge is 0.304 e. The van der Waals surface area contributed by atoms with E-state index in [2.05, 4.69) is 5.32 Å². The first-order chi connectivity index (χ1) is 6.60. The number of aliphatic carboxylic acids is 1. The lowest BCUT2D eigenvalue weighted by atomic mass is 9.83. The van der Waals surface area contributed by atoms with Gasteiger partial charge in [0.25, 0.3) is 0 Å². The molecule has 4 nitrogen and oxygen atoms in total. The van der Waals surface area contributed by atoms with Crippen LogP contribution in [0.2, 0.25) is 0 Å². The van der Waals surface area contributed by atoms with Crippen molar-refractivity contribution < 1.29 is 15.0 Å². The van der Waals surface area contributed by atoms with Gasteiger partial charge < -0.3 is 15.5 Å². The summed E-state index contributed by atoms with van der Waals surface area (Å²) in [5.74, 6) is -0.792. The first-order valence-corrected chi connectivity index (χ1v) is 5.13. The molecule has 0 aromatic rings. The largest absolute Gasteiger partial charge is 0.481 e. The quantitative estimate of drug-likeness (QED) is 0.511. The van der Waals surface area contributed by atoms with E-state index in [1.807, 2.05) is 13.8 Å². The van der Waals surface area contributed by atoms with Crippen molar-refractivity contribution in [1.29, 1.82) is 0 Å². The van der Waals surface area contributed by atoms with Gasteiger partial charge >= 0.3 is 5.97 Å². The first-order valence-electron chi connectivity index (χ1n) is 5.13. The number of carbonyl (C=O) groups is 1. The Bertz CT molecular complexity index is 158. The Balaban J connectivity index is 3.77. The van der Waals surface area contributed by atoms with Crippen LogP contribution in [0.1, 0.15) is 33.1 Å². The molecule has 0 saturated carbocycles. The zero-order chi connectivity index (χ0) is 11.0. The van der Waals surface area contributed by atoms with Crippen molar-refractivity contribution in [2.45, 2.75) is 33.1 Å². The minimum Gasteiger partial charge on any atom is -0.481 e. The van der Waals surface area contributed by atoms with Gasteiger partial charge in [0, 0.05) is 25.1 Å². The number of carboxylic acid groups (broad SMARTS) is 1. The number of hydrogen-bond donors (Lipinski definition) is 3. The lowest BCUT2D eigenvalue weighted by Crippen LogP contribution is -2.37. The van der Waals surface area contributed by atoms with Gasteiger partial charge in [-0.2, -0.15) is 0 Å². The van der Waals surface area contributed by atoms with E-state index in [0.29, 0.717) is 13.1 Å². The molecule has 0 aromatic heterocycles. The van der Waals surface area contributed by atoms with E-state index < -0.39 is 5.97 Å². The highest BCUT2D eigenvalue weighted by Gasteiger charge is 2.24. The van der Waals surface area contributed by atoms with Gasteiger partial charge in [-0.25, -0.2) is 0 Å². The average molecular weight is 203 g/mol. The second kappa shape index (κ2) is 6.79. The summed E-state index contributed by atoms with van der Waals surface area (Å²) in [4.78, 5) is 10.2. The van der Waals surface area contributed by atoms with Crippen LogP contribution < -0.4 is 5.32 Å². The summed E-state index contributed by atoms with van der Waals surface area (Å²) in [6.07, 6.45) is 1.94.